The van der Waals surface area contributed by atoms with Gasteiger partial charge in [-0.25, -0.2) is 13.9 Å². The van der Waals surface area contributed by atoms with Crippen molar-refractivity contribution in [2.24, 2.45) is 0 Å². The molecule has 1 N–H and O–H groups in total. The number of fused-ring (bicyclic) bond motifs is 1. The van der Waals surface area contributed by atoms with E-state index in [4.69, 9.17) is 0 Å². The third kappa shape index (κ3) is 2.96. The number of hydrogen-bond acceptors (Lipinski definition) is 3. The largest absolute Gasteiger partial charge is 0.339 e. The molecule has 0 amide bonds. The quantitative estimate of drug-likeness (QED) is 0.613. The second-order valence-corrected chi connectivity index (χ2v) is 5.53. The fourth-order valence-corrected chi connectivity index (χ4v) is 2.59. The zero-order valence-corrected chi connectivity index (χ0v) is 12.9. The van der Waals surface area contributed by atoms with E-state index in [9.17, 15) is 4.39 Å². The number of benzene rings is 2. The van der Waals surface area contributed by atoms with Crippen molar-refractivity contribution in [1.82, 2.24) is 14.6 Å². The molecule has 4 nitrogen and oxygen atoms in total. The standard InChI is InChI=1S/C19H15FN4/c20-15-8-6-14(7-9-15)12-17-13-21-19-11-10-18(23-24(17)19)22-16-4-2-1-3-5-16/h1-11,13H,12H2,(H,22,23). The van der Waals surface area contributed by atoms with Crippen LogP contribution in [-0.2, 0) is 6.42 Å². The summed E-state index contributed by atoms with van der Waals surface area (Å²) in [5, 5.41) is 7.89. The SMILES string of the molecule is Fc1ccc(Cc2cnc3ccc(Nc4ccccc4)nn23)cc1. The summed E-state index contributed by atoms with van der Waals surface area (Å²) in [5.74, 6) is 0.511. The number of para-hydroxylation sites is 1. The summed E-state index contributed by atoms with van der Waals surface area (Å²) in [6, 6.07) is 20.2. The Morgan fingerprint density at radius 3 is 2.50 bits per heavy atom. The fourth-order valence-electron chi connectivity index (χ4n) is 2.59. The molecule has 118 valence electrons. The normalized spacial score (nSPS) is 10.9. The second kappa shape index (κ2) is 6.12. The number of halogens is 1. The average molecular weight is 318 g/mol. The first-order valence-corrected chi connectivity index (χ1v) is 7.68. The Balaban J connectivity index is 1.64. The molecule has 0 saturated heterocycles. The van der Waals surface area contributed by atoms with Crippen LogP contribution in [0.15, 0.2) is 72.9 Å². The minimum Gasteiger partial charge on any atom is -0.339 e. The second-order valence-electron chi connectivity index (χ2n) is 5.53. The van der Waals surface area contributed by atoms with Crippen LogP contribution in [0.3, 0.4) is 0 Å². The van der Waals surface area contributed by atoms with E-state index in [0.717, 1.165) is 28.4 Å². The molecule has 0 fully saturated rings. The van der Waals surface area contributed by atoms with Gasteiger partial charge < -0.3 is 5.32 Å². The van der Waals surface area contributed by atoms with Gasteiger partial charge in [0.2, 0.25) is 0 Å². The van der Waals surface area contributed by atoms with E-state index in [1.54, 1.807) is 18.3 Å². The van der Waals surface area contributed by atoms with Crippen LogP contribution in [0.1, 0.15) is 11.3 Å². The minimum atomic E-state index is -0.232. The monoisotopic (exact) mass is 318 g/mol. The number of nitrogens with one attached hydrogen (secondary N) is 1. The Labute approximate surface area is 138 Å². The molecule has 2 heterocycles. The zero-order valence-electron chi connectivity index (χ0n) is 12.9. The molecule has 0 unspecified atom stereocenters. The lowest BCUT2D eigenvalue weighted by molar-refractivity contribution is 0.627. The van der Waals surface area contributed by atoms with Crippen LogP contribution in [0.2, 0.25) is 0 Å². The number of imidazole rings is 1. The molecule has 0 atom stereocenters. The molecule has 2 aromatic heterocycles. The Bertz CT molecular complexity index is 962. The highest BCUT2D eigenvalue weighted by Gasteiger charge is 2.07. The highest BCUT2D eigenvalue weighted by Crippen LogP contribution is 2.17. The van der Waals surface area contributed by atoms with E-state index in [1.807, 2.05) is 47.0 Å². The molecule has 4 aromatic rings. The van der Waals surface area contributed by atoms with Gasteiger partial charge in [-0.1, -0.05) is 30.3 Å². The third-order valence-corrected chi connectivity index (χ3v) is 3.78. The van der Waals surface area contributed by atoms with Crippen molar-refractivity contribution in [2.75, 3.05) is 5.32 Å². The summed E-state index contributed by atoms with van der Waals surface area (Å²) in [6.07, 6.45) is 2.45. The van der Waals surface area contributed by atoms with Crippen molar-refractivity contribution in [3.63, 3.8) is 0 Å². The molecular formula is C19H15FN4. The predicted octanol–water partition coefficient (Wildman–Crippen LogP) is 4.20. The van der Waals surface area contributed by atoms with Crippen molar-refractivity contribution >= 4 is 17.2 Å². The first kappa shape index (κ1) is 14.4. The number of anilines is 2. The Kier molecular flexibility index (Phi) is 3.67. The molecule has 0 aliphatic carbocycles. The van der Waals surface area contributed by atoms with Crippen LogP contribution < -0.4 is 5.32 Å². The highest BCUT2D eigenvalue weighted by atomic mass is 19.1. The first-order chi connectivity index (χ1) is 11.8. The van der Waals surface area contributed by atoms with Gasteiger partial charge in [-0.05, 0) is 42.0 Å². The van der Waals surface area contributed by atoms with Crippen molar-refractivity contribution in [1.29, 1.82) is 0 Å². The van der Waals surface area contributed by atoms with Crippen molar-refractivity contribution < 1.29 is 4.39 Å². The van der Waals surface area contributed by atoms with E-state index in [-0.39, 0.29) is 5.82 Å². The molecule has 0 bridgehead atoms. The molecule has 0 spiro atoms. The van der Waals surface area contributed by atoms with E-state index < -0.39 is 0 Å². The van der Waals surface area contributed by atoms with Crippen LogP contribution in [0.4, 0.5) is 15.9 Å². The molecule has 0 radical (unpaired) electrons. The summed E-state index contributed by atoms with van der Waals surface area (Å²) in [4.78, 5) is 4.38. The van der Waals surface area contributed by atoms with Gasteiger partial charge in [-0.15, -0.1) is 5.10 Å². The average Bonchev–Trinajstić information content (AvgIpc) is 3.00. The molecule has 5 heteroatoms. The number of hydrogen-bond donors (Lipinski definition) is 1. The van der Waals surface area contributed by atoms with E-state index in [2.05, 4.69) is 15.4 Å². The number of nitrogens with zero attached hydrogens (tertiary/aromatic N) is 3. The molecule has 0 saturated carbocycles. The molecular weight excluding hydrogens is 303 g/mol. The van der Waals surface area contributed by atoms with Crippen LogP contribution in [-0.4, -0.2) is 14.6 Å². The molecule has 0 aliphatic heterocycles. The van der Waals surface area contributed by atoms with E-state index >= 15 is 0 Å². The van der Waals surface area contributed by atoms with Gasteiger partial charge in [-0.2, -0.15) is 0 Å². The lowest BCUT2D eigenvalue weighted by Crippen LogP contribution is -2.02. The van der Waals surface area contributed by atoms with Gasteiger partial charge in [0.25, 0.3) is 0 Å². The van der Waals surface area contributed by atoms with Gasteiger partial charge in [0.15, 0.2) is 11.5 Å². The molecule has 24 heavy (non-hydrogen) atoms. The number of aromatic nitrogens is 3. The molecule has 4 rings (SSSR count). The summed E-state index contributed by atoms with van der Waals surface area (Å²) in [6.45, 7) is 0. The lowest BCUT2D eigenvalue weighted by Gasteiger charge is -2.07. The molecule has 0 aliphatic rings. The zero-order chi connectivity index (χ0) is 16.4. The van der Waals surface area contributed by atoms with Crippen LogP contribution >= 0.6 is 0 Å². The lowest BCUT2D eigenvalue weighted by atomic mass is 10.1. The molecule has 2 aromatic carbocycles. The minimum absolute atomic E-state index is 0.232. The van der Waals surface area contributed by atoms with Crippen LogP contribution in [0, 0.1) is 5.82 Å². The summed E-state index contributed by atoms with van der Waals surface area (Å²) in [5.41, 5.74) is 3.73. The van der Waals surface area contributed by atoms with Crippen LogP contribution in [0.25, 0.3) is 5.65 Å². The van der Waals surface area contributed by atoms with Crippen molar-refractivity contribution in [3.8, 4) is 0 Å². The van der Waals surface area contributed by atoms with Crippen molar-refractivity contribution in [2.45, 2.75) is 6.42 Å². The smallest absolute Gasteiger partial charge is 0.153 e. The fraction of sp³-hybridized carbons (Fsp3) is 0.0526. The van der Waals surface area contributed by atoms with E-state index in [0.29, 0.717) is 6.42 Å². The van der Waals surface area contributed by atoms with Gasteiger partial charge in [0.05, 0.1) is 11.9 Å². The first-order valence-electron chi connectivity index (χ1n) is 7.68. The summed E-state index contributed by atoms with van der Waals surface area (Å²) >= 11 is 0. The van der Waals surface area contributed by atoms with Gasteiger partial charge in [0, 0.05) is 12.1 Å². The highest BCUT2D eigenvalue weighted by molar-refractivity contribution is 5.57. The predicted molar refractivity (Wildman–Crippen MR) is 91.9 cm³/mol. The van der Waals surface area contributed by atoms with Gasteiger partial charge >= 0.3 is 0 Å². The Morgan fingerprint density at radius 1 is 0.917 bits per heavy atom. The van der Waals surface area contributed by atoms with E-state index in [1.165, 1.54) is 12.1 Å². The third-order valence-electron chi connectivity index (χ3n) is 3.78. The Morgan fingerprint density at radius 2 is 1.71 bits per heavy atom. The number of rotatable bonds is 4. The van der Waals surface area contributed by atoms with Gasteiger partial charge in [-0.3, -0.25) is 0 Å². The Hall–Kier alpha value is -3.21. The topological polar surface area (TPSA) is 42.2 Å². The summed E-state index contributed by atoms with van der Waals surface area (Å²) < 4.78 is 14.9. The van der Waals surface area contributed by atoms with Gasteiger partial charge in [0.1, 0.15) is 5.82 Å². The summed E-state index contributed by atoms with van der Waals surface area (Å²) in [7, 11) is 0. The maximum atomic E-state index is 13.0. The van der Waals surface area contributed by atoms with Crippen molar-refractivity contribution in [3.05, 3.63) is 90.0 Å². The van der Waals surface area contributed by atoms with Crippen LogP contribution in [0.5, 0.6) is 0 Å². The maximum Gasteiger partial charge on any atom is 0.153 e. The maximum absolute atomic E-state index is 13.0.